The lowest BCUT2D eigenvalue weighted by molar-refractivity contribution is 0.853. The van der Waals surface area contributed by atoms with E-state index in [0.717, 1.165) is 11.3 Å². The first kappa shape index (κ1) is 16.2. The third-order valence-electron chi connectivity index (χ3n) is 4.06. The molecule has 0 fully saturated rings. The van der Waals surface area contributed by atoms with E-state index < -0.39 is 0 Å². The Morgan fingerprint density at radius 3 is 2.08 bits per heavy atom. The molecule has 24 heavy (non-hydrogen) atoms. The van der Waals surface area contributed by atoms with Crippen LogP contribution in [0.4, 0.5) is 0 Å². The van der Waals surface area contributed by atoms with Gasteiger partial charge >= 0.3 is 0 Å². The highest BCUT2D eigenvalue weighted by molar-refractivity contribution is 5.40. The summed E-state index contributed by atoms with van der Waals surface area (Å²) in [5, 5.41) is 7.75. The van der Waals surface area contributed by atoms with Crippen molar-refractivity contribution in [2.24, 2.45) is 0 Å². The van der Waals surface area contributed by atoms with Gasteiger partial charge in [0.15, 0.2) is 5.65 Å². The van der Waals surface area contributed by atoms with Crippen molar-refractivity contribution in [3.05, 3.63) is 66.5 Å². The Morgan fingerprint density at radius 1 is 0.792 bits per heavy atom. The predicted molar refractivity (Wildman–Crippen MR) is 96.4 cm³/mol. The summed E-state index contributed by atoms with van der Waals surface area (Å²) >= 11 is 0. The van der Waals surface area contributed by atoms with Crippen LogP contribution in [0.1, 0.15) is 50.7 Å². The highest BCUT2D eigenvalue weighted by Crippen LogP contribution is 2.15. The van der Waals surface area contributed by atoms with Crippen LogP contribution in [0.3, 0.4) is 0 Å². The van der Waals surface area contributed by atoms with Crippen LogP contribution in [-0.4, -0.2) is 24.0 Å². The van der Waals surface area contributed by atoms with Crippen LogP contribution in [0.5, 0.6) is 0 Å². The summed E-state index contributed by atoms with van der Waals surface area (Å²) in [6, 6.07) is 8.26. The average Bonchev–Trinajstić information content (AvgIpc) is 3.22. The number of imidazole rings is 1. The van der Waals surface area contributed by atoms with E-state index in [1.54, 1.807) is 6.33 Å². The number of hydrogen-bond acceptors (Lipinski definition) is 3. The summed E-state index contributed by atoms with van der Waals surface area (Å²) in [7, 11) is 0. The van der Waals surface area contributed by atoms with Crippen LogP contribution in [0.15, 0.2) is 55.4 Å². The molecule has 0 saturated carbocycles. The summed E-state index contributed by atoms with van der Waals surface area (Å²) < 4.78 is 3.99. The smallest absolute Gasteiger partial charge is 0.160 e. The summed E-state index contributed by atoms with van der Waals surface area (Å²) in [6.07, 6.45) is 9.72. The summed E-state index contributed by atoms with van der Waals surface area (Å²) in [5.74, 6) is 1.13. The van der Waals surface area contributed by atoms with E-state index in [1.165, 1.54) is 11.1 Å². The van der Waals surface area contributed by atoms with Gasteiger partial charge in [0.25, 0.3) is 0 Å². The second-order valence-corrected chi connectivity index (χ2v) is 6.52. The fraction of sp³-hybridized carbons (Fsp3) is 0.316. The molecule has 0 radical (unpaired) electrons. The van der Waals surface area contributed by atoms with E-state index in [0.29, 0.717) is 11.8 Å². The molecule has 0 atom stereocenters. The highest BCUT2D eigenvalue weighted by Gasteiger charge is 2.01. The van der Waals surface area contributed by atoms with E-state index in [1.807, 2.05) is 22.9 Å². The minimum atomic E-state index is 0.553. The van der Waals surface area contributed by atoms with Crippen LogP contribution in [0.2, 0.25) is 0 Å². The van der Waals surface area contributed by atoms with Gasteiger partial charge in [-0.25, -0.2) is 4.98 Å². The van der Waals surface area contributed by atoms with Crippen molar-refractivity contribution in [1.82, 2.24) is 24.0 Å². The standard InChI is InChI=1S/C10H12N2.C9H11N3/c1-8(2)9-3-4-10-11-5-6-12(10)7-9;1-7(2)8-3-4-9-11-10-6-12(9)5-8/h3-8H,1-2H3;3-7H,1-2H3. The van der Waals surface area contributed by atoms with Crippen molar-refractivity contribution in [2.75, 3.05) is 0 Å². The molecule has 0 amide bonds. The van der Waals surface area contributed by atoms with Crippen LogP contribution >= 0.6 is 0 Å². The molecule has 0 bridgehead atoms. The Bertz CT molecular complexity index is 855. The summed E-state index contributed by atoms with van der Waals surface area (Å²) in [4.78, 5) is 4.18. The number of pyridine rings is 2. The van der Waals surface area contributed by atoms with Crippen LogP contribution in [0, 0.1) is 0 Å². The molecule has 0 aliphatic carbocycles. The lowest BCUT2D eigenvalue weighted by atomic mass is 10.1. The Balaban J connectivity index is 0.000000141. The number of fused-ring (bicyclic) bond motifs is 2. The average molecular weight is 321 g/mol. The molecule has 0 saturated heterocycles. The second kappa shape index (κ2) is 6.83. The van der Waals surface area contributed by atoms with Crippen molar-refractivity contribution in [3.8, 4) is 0 Å². The maximum Gasteiger partial charge on any atom is 0.160 e. The Hall–Kier alpha value is -2.69. The number of rotatable bonds is 2. The molecular formula is C19H23N5. The van der Waals surface area contributed by atoms with Crippen molar-refractivity contribution >= 4 is 11.3 Å². The molecular weight excluding hydrogens is 298 g/mol. The third-order valence-corrected chi connectivity index (χ3v) is 4.06. The Kier molecular flexibility index (Phi) is 4.60. The minimum absolute atomic E-state index is 0.553. The molecule has 0 aliphatic rings. The van der Waals surface area contributed by atoms with Crippen molar-refractivity contribution in [3.63, 3.8) is 0 Å². The maximum atomic E-state index is 4.18. The molecule has 4 heterocycles. The lowest BCUT2D eigenvalue weighted by Gasteiger charge is -2.04. The monoisotopic (exact) mass is 321 g/mol. The molecule has 5 heteroatoms. The fourth-order valence-corrected chi connectivity index (χ4v) is 2.46. The molecule has 0 unspecified atom stereocenters. The van der Waals surface area contributed by atoms with Gasteiger partial charge in [-0.05, 0) is 35.1 Å². The van der Waals surface area contributed by atoms with Gasteiger partial charge in [0.05, 0.1) is 0 Å². The zero-order valence-electron chi connectivity index (χ0n) is 14.6. The van der Waals surface area contributed by atoms with E-state index in [-0.39, 0.29) is 0 Å². The number of nitrogens with zero attached hydrogens (tertiary/aromatic N) is 5. The van der Waals surface area contributed by atoms with E-state index in [2.05, 4.69) is 77.9 Å². The van der Waals surface area contributed by atoms with E-state index in [4.69, 9.17) is 0 Å². The molecule has 0 spiro atoms. The predicted octanol–water partition coefficient (Wildman–Crippen LogP) is 4.31. The van der Waals surface area contributed by atoms with Crippen LogP contribution < -0.4 is 0 Å². The highest BCUT2D eigenvalue weighted by atomic mass is 15.2. The number of aromatic nitrogens is 5. The van der Waals surface area contributed by atoms with E-state index >= 15 is 0 Å². The molecule has 0 aliphatic heterocycles. The second-order valence-electron chi connectivity index (χ2n) is 6.52. The molecule has 124 valence electrons. The van der Waals surface area contributed by atoms with Gasteiger partial charge in [0.2, 0.25) is 0 Å². The molecule has 0 N–H and O–H groups in total. The zero-order valence-corrected chi connectivity index (χ0v) is 14.6. The van der Waals surface area contributed by atoms with Crippen molar-refractivity contribution in [1.29, 1.82) is 0 Å². The van der Waals surface area contributed by atoms with Crippen LogP contribution in [-0.2, 0) is 0 Å². The van der Waals surface area contributed by atoms with E-state index in [9.17, 15) is 0 Å². The molecule has 0 aromatic carbocycles. The first-order valence-corrected chi connectivity index (χ1v) is 8.26. The summed E-state index contributed by atoms with van der Waals surface area (Å²) in [5.41, 5.74) is 4.57. The molecule has 4 rings (SSSR count). The summed E-state index contributed by atoms with van der Waals surface area (Å²) in [6.45, 7) is 8.73. The van der Waals surface area contributed by atoms with Gasteiger partial charge < -0.3 is 4.40 Å². The largest absolute Gasteiger partial charge is 0.307 e. The number of hydrogen-bond donors (Lipinski definition) is 0. The van der Waals surface area contributed by atoms with Crippen LogP contribution in [0.25, 0.3) is 11.3 Å². The van der Waals surface area contributed by atoms with Gasteiger partial charge in [-0.2, -0.15) is 0 Å². The first-order valence-electron chi connectivity index (χ1n) is 8.26. The van der Waals surface area contributed by atoms with Gasteiger partial charge in [0, 0.05) is 24.8 Å². The van der Waals surface area contributed by atoms with Gasteiger partial charge in [-0.3, -0.25) is 4.40 Å². The normalized spacial score (nSPS) is 11.2. The Labute approximate surface area is 142 Å². The third kappa shape index (κ3) is 3.45. The zero-order chi connectivity index (χ0) is 17.1. The quantitative estimate of drug-likeness (QED) is 0.553. The SMILES string of the molecule is CC(C)c1ccc2nccn2c1.CC(C)c1ccc2nncn2c1. The van der Waals surface area contributed by atoms with Gasteiger partial charge in [0.1, 0.15) is 12.0 Å². The molecule has 4 aromatic rings. The molecule has 5 nitrogen and oxygen atoms in total. The fourth-order valence-electron chi connectivity index (χ4n) is 2.46. The van der Waals surface area contributed by atoms with Gasteiger partial charge in [-0.1, -0.05) is 39.8 Å². The van der Waals surface area contributed by atoms with Crippen molar-refractivity contribution in [2.45, 2.75) is 39.5 Å². The first-order chi connectivity index (χ1) is 11.5. The van der Waals surface area contributed by atoms with Crippen molar-refractivity contribution < 1.29 is 0 Å². The lowest BCUT2D eigenvalue weighted by Crippen LogP contribution is -1.91. The minimum Gasteiger partial charge on any atom is -0.307 e. The topological polar surface area (TPSA) is 47.5 Å². The molecule has 4 aromatic heterocycles. The maximum absolute atomic E-state index is 4.18. The van der Waals surface area contributed by atoms with Gasteiger partial charge in [-0.15, -0.1) is 10.2 Å². The Morgan fingerprint density at radius 2 is 1.42 bits per heavy atom.